The topological polar surface area (TPSA) is 47.3 Å². The second-order valence-electron chi connectivity index (χ2n) is 3.82. The summed E-state index contributed by atoms with van der Waals surface area (Å²) in [6.07, 6.45) is 1.57. The molecule has 4 nitrogen and oxygen atoms in total. The van der Waals surface area contributed by atoms with Crippen LogP contribution in [0.5, 0.6) is 5.88 Å². The lowest BCUT2D eigenvalue weighted by Gasteiger charge is -2.09. The van der Waals surface area contributed by atoms with Crippen LogP contribution in [-0.2, 0) is 0 Å². The summed E-state index contributed by atoms with van der Waals surface area (Å²) in [7, 11) is 0. The van der Waals surface area contributed by atoms with Crippen LogP contribution in [0.25, 0.3) is 22.2 Å². The Balaban J connectivity index is 2.32. The highest BCUT2D eigenvalue weighted by molar-refractivity contribution is 5.97. The molecule has 1 aromatic rings. The molecule has 0 saturated heterocycles. The largest absolute Gasteiger partial charge is 0.477 e. The molecule has 0 aromatic heterocycles. The van der Waals surface area contributed by atoms with Crippen molar-refractivity contribution in [2.75, 3.05) is 6.61 Å². The predicted octanol–water partition coefficient (Wildman–Crippen LogP) is 2.78. The van der Waals surface area contributed by atoms with Gasteiger partial charge in [0.25, 0.3) is 0 Å². The fourth-order valence-electron chi connectivity index (χ4n) is 2.00. The Morgan fingerprint density at radius 1 is 1.35 bits per heavy atom. The van der Waals surface area contributed by atoms with Crippen molar-refractivity contribution in [3.05, 3.63) is 36.5 Å². The van der Waals surface area contributed by atoms with Crippen LogP contribution < -0.4 is 4.74 Å². The summed E-state index contributed by atoms with van der Waals surface area (Å²) in [4.78, 5) is 4.44. The average molecular weight is 228 g/mol. The number of fused-ring (bicyclic) bond motifs is 3. The number of hydrogen-bond donors (Lipinski definition) is 1. The molecule has 0 spiro atoms. The van der Waals surface area contributed by atoms with E-state index >= 15 is 0 Å². The van der Waals surface area contributed by atoms with E-state index in [0.29, 0.717) is 12.5 Å². The molecular formula is C13H12N2O2. The van der Waals surface area contributed by atoms with E-state index in [2.05, 4.69) is 4.98 Å². The molecule has 0 bridgehead atoms. The van der Waals surface area contributed by atoms with E-state index in [1.165, 1.54) is 0 Å². The molecule has 17 heavy (non-hydrogen) atoms. The lowest BCUT2D eigenvalue weighted by atomic mass is 10.1. The fourth-order valence-corrected chi connectivity index (χ4v) is 2.00. The first-order chi connectivity index (χ1) is 8.29. The van der Waals surface area contributed by atoms with Gasteiger partial charge in [-0.05, 0) is 13.0 Å². The number of aromatic nitrogens is 2. The maximum Gasteiger partial charge on any atom is 0.227 e. The molecule has 3 rings (SSSR count). The van der Waals surface area contributed by atoms with E-state index in [1.54, 1.807) is 6.20 Å². The zero-order valence-electron chi connectivity index (χ0n) is 9.42. The Morgan fingerprint density at radius 3 is 3.00 bits per heavy atom. The van der Waals surface area contributed by atoms with Crippen LogP contribution in [0.2, 0.25) is 0 Å². The SMILES string of the molecule is CCOc1cc2c3ccccc3nc-2cn1O. The lowest BCUT2D eigenvalue weighted by molar-refractivity contribution is 0.140. The summed E-state index contributed by atoms with van der Waals surface area (Å²) in [6.45, 7) is 2.39. The second kappa shape index (κ2) is 3.66. The molecule has 0 unspecified atom stereocenters. The van der Waals surface area contributed by atoms with Gasteiger partial charge in [-0.1, -0.05) is 18.2 Å². The van der Waals surface area contributed by atoms with Crippen LogP contribution in [-0.4, -0.2) is 21.5 Å². The van der Waals surface area contributed by atoms with E-state index in [1.807, 2.05) is 37.3 Å². The zero-order valence-corrected chi connectivity index (χ0v) is 9.42. The van der Waals surface area contributed by atoms with E-state index in [-0.39, 0.29) is 0 Å². The monoisotopic (exact) mass is 228 g/mol. The van der Waals surface area contributed by atoms with Gasteiger partial charge in [0.05, 0.1) is 24.0 Å². The van der Waals surface area contributed by atoms with Crippen LogP contribution in [0.1, 0.15) is 6.92 Å². The van der Waals surface area contributed by atoms with Gasteiger partial charge in [-0.2, -0.15) is 4.73 Å². The minimum Gasteiger partial charge on any atom is -0.477 e. The Bertz CT molecular complexity index is 645. The first kappa shape index (κ1) is 9.96. The second-order valence-corrected chi connectivity index (χ2v) is 3.82. The fraction of sp³-hybridized carbons (Fsp3) is 0.154. The van der Waals surface area contributed by atoms with Gasteiger partial charge in [-0.25, -0.2) is 4.98 Å². The van der Waals surface area contributed by atoms with Crippen molar-refractivity contribution in [1.29, 1.82) is 0 Å². The van der Waals surface area contributed by atoms with Crippen LogP contribution in [0.15, 0.2) is 36.5 Å². The van der Waals surface area contributed by atoms with E-state index in [0.717, 1.165) is 26.9 Å². The number of benzene rings is 1. The van der Waals surface area contributed by atoms with Crippen molar-refractivity contribution in [3.8, 4) is 17.1 Å². The first-order valence-corrected chi connectivity index (χ1v) is 5.52. The molecule has 0 saturated carbocycles. The summed E-state index contributed by atoms with van der Waals surface area (Å²) in [5.41, 5.74) is 2.68. The van der Waals surface area contributed by atoms with Crippen molar-refractivity contribution < 1.29 is 9.94 Å². The van der Waals surface area contributed by atoms with Gasteiger partial charge in [0, 0.05) is 17.0 Å². The van der Waals surface area contributed by atoms with Gasteiger partial charge >= 0.3 is 0 Å². The number of pyridine rings is 1. The third-order valence-corrected chi connectivity index (χ3v) is 2.74. The molecule has 2 heterocycles. The standard InChI is InChI=1S/C13H12N2O2/c1-2-17-13-7-10-9-5-3-4-6-11(9)14-12(10)8-15(13)16/h3-8,16H,2H2,1H3. The molecule has 2 aliphatic heterocycles. The van der Waals surface area contributed by atoms with Gasteiger partial charge in [-0.3, -0.25) is 0 Å². The van der Waals surface area contributed by atoms with Crippen LogP contribution >= 0.6 is 0 Å². The summed E-state index contributed by atoms with van der Waals surface area (Å²) >= 11 is 0. The van der Waals surface area contributed by atoms with Gasteiger partial charge in [0.1, 0.15) is 0 Å². The summed E-state index contributed by atoms with van der Waals surface area (Å²) in [5.74, 6) is 0.429. The Morgan fingerprint density at radius 2 is 2.18 bits per heavy atom. The molecule has 0 atom stereocenters. The van der Waals surface area contributed by atoms with Gasteiger partial charge in [-0.15, -0.1) is 0 Å². The van der Waals surface area contributed by atoms with Gasteiger partial charge in [0.2, 0.25) is 5.88 Å². The average Bonchev–Trinajstić information content (AvgIpc) is 2.67. The van der Waals surface area contributed by atoms with Crippen LogP contribution in [0.3, 0.4) is 0 Å². The summed E-state index contributed by atoms with van der Waals surface area (Å²) < 4.78 is 6.32. The highest BCUT2D eigenvalue weighted by Crippen LogP contribution is 2.33. The summed E-state index contributed by atoms with van der Waals surface area (Å²) in [5, 5.41) is 10.8. The predicted molar refractivity (Wildman–Crippen MR) is 64.7 cm³/mol. The molecule has 1 N–H and O–H groups in total. The van der Waals surface area contributed by atoms with Crippen LogP contribution in [0.4, 0.5) is 0 Å². The Kier molecular flexibility index (Phi) is 2.14. The molecule has 0 amide bonds. The molecule has 0 aliphatic carbocycles. The van der Waals surface area contributed by atoms with Gasteiger partial charge in [0.15, 0.2) is 0 Å². The summed E-state index contributed by atoms with van der Waals surface area (Å²) in [6, 6.07) is 9.71. The van der Waals surface area contributed by atoms with E-state index < -0.39 is 0 Å². The van der Waals surface area contributed by atoms with Crippen molar-refractivity contribution >= 4 is 10.9 Å². The van der Waals surface area contributed by atoms with Crippen molar-refractivity contribution in [1.82, 2.24) is 9.71 Å². The molecular weight excluding hydrogens is 216 g/mol. The number of hydrogen-bond acceptors (Lipinski definition) is 3. The Hall–Kier alpha value is -2.23. The normalized spacial score (nSPS) is 11.1. The maximum atomic E-state index is 9.72. The highest BCUT2D eigenvalue weighted by atomic mass is 16.5. The lowest BCUT2D eigenvalue weighted by Crippen LogP contribution is -2.03. The molecule has 86 valence electrons. The van der Waals surface area contributed by atoms with E-state index in [4.69, 9.17) is 4.74 Å². The highest BCUT2D eigenvalue weighted by Gasteiger charge is 2.14. The molecule has 0 fully saturated rings. The van der Waals surface area contributed by atoms with Crippen molar-refractivity contribution in [2.45, 2.75) is 6.92 Å². The third kappa shape index (κ3) is 1.49. The molecule has 4 heteroatoms. The Labute approximate surface area is 98.4 Å². The molecule has 2 aliphatic rings. The minimum absolute atomic E-state index is 0.429. The van der Waals surface area contributed by atoms with Crippen molar-refractivity contribution in [3.63, 3.8) is 0 Å². The van der Waals surface area contributed by atoms with Gasteiger partial charge < -0.3 is 9.94 Å². The minimum atomic E-state index is 0.429. The zero-order chi connectivity index (χ0) is 11.8. The smallest absolute Gasteiger partial charge is 0.227 e. The number of rotatable bonds is 2. The van der Waals surface area contributed by atoms with Crippen molar-refractivity contribution in [2.24, 2.45) is 0 Å². The van der Waals surface area contributed by atoms with Crippen LogP contribution in [0, 0.1) is 0 Å². The quantitative estimate of drug-likeness (QED) is 0.686. The number of ether oxygens (including phenoxy) is 1. The maximum absolute atomic E-state index is 9.72. The first-order valence-electron chi connectivity index (χ1n) is 5.52. The third-order valence-electron chi connectivity index (χ3n) is 2.74. The number of nitrogens with zero attached hydrogens (tertiary/aromatic N) is 2. The van der Waals surface area contributed by atoms with E-state index in [9.17, 15) is 5.21 Å². The molecule has 0 radical (unpaired) electrons. The molecule has 1 aromatic carbocycles. The number of para-hydroxylation sites is 1.